The van der Waals surface area contributed by atoms with E-state index in [0.29, 0.717) is 5.75 Å². The van der Waals surface area contributed by atoms with Crippen LogP contribution in [0.2, 0.25) is 0 Å². The SMILES string of the molecule is Oc1cccc2[nH][c]cc12. The number of aromatic nitrogens is 1. The molecule has 10 heavy (non-hydrogen) atoms. The van der Waals surface area contributed by atoms with Crippen LogP contribution in [0.5, 0.6) is 5.75 Å². The minimum atomic E-state index is 0.301. The van der Waals surface area contributed by atoms with Crippen molar-refractivity contribution in [3.8, 4) is 5.75 Å². The van der Waals surface area contributed by atoms with Crippen molar-refractivity contribution >= 4 is 10.9 Å². The van der Waals surface area contributed by atoms with Crippen LogP contribution in [0.15, 0.2) is 24.3 Å². The van der Waals surface area contributed by atoms with Gasteiger partial charge in [-0.15, -0.1) is 0 Å². The smallest absolute Gasteiger partial charge is 0.124 e. The van der Waals surface area contributed by atoms with Crippen LogP contribution in [0, 0.1) is 6.20 Å². The Bertz CT molecular complexity index is 351. The van der Waals surface area contributed by atoms with E-state index in [0.717, 1.165) is 10.9 Å². The Labute approximate surface area is 58.1 Å². The van der Waals surface area contributed by atoms with E-state index in [4.69, 9.17) is 0 Å². The third kappa shape index (κ3) is 0.589. The Morgan fingerprint density at radius 2 is 2.30 bits per heavy atom. The Hall–Kier alpha value is -1.44. The number of aromatic amines is 1. The maximum absolute atomic E-state index is 9.22. The first kappa shape index (κ1) is 5.35. The summed E-state index contributed by atoms with van der Waals surface area (Å²) < 4.78 is 0. The first-order valence-corrected chi connectivity index (χ1v) is 3.04. The number of hydrogen-bond donors (Lipinski definition) is 2. The Morgan fingerprint density at radius 1 is 1.40 bits per heavy atom. The fourth-order valence-corrected chi connectivity index (χ4v) is 1.000. The number of phenols is 1. The summed E-state index contributed by atoms with van der Waals surface area (Å²) in [5.41, 5.74) is 0.917. The number of hydrogen-bond acceptors (Lipinski definition) is 1. The predicted octanol–water partition coefficient (Wildman–Crippen LogP) is 1.67. The highest BCUT2D eigenvalue weighted by molar-refractivity contribution is 5.84. The fourth-order valence-electron chi connectivity index (χ4n) is 1.000. The van der Waals surface area contributed by atoms with Gasteiger partial charge in [0.25, 0.3) is 0 Å². The van der Waals surface area contributed by atoms with E-state index in [1.807, 2.05) is 6.07 Å². The first-order chi connectivity index (χ1) is 4.88. The molecule has 0 aliphatic rings. The molecule has 49 valence electrons. The van der Waals surface area contributed by atoms with Gasteiger partial charge in [0, 0.05) is 10.9 Å². The summed E-state index contributed by atoms with van der Waals surface area (Å²) in [6.07, 6.45) is 2.79. The van der Waals surface area contributed by atoms with Gasteiger partial charge in [-0.2, -0.15) is 0 Å². The van der Waals surface area contributed by atoms with Gasteiger partial charge in [0.2, 0.25) is 0 Å². The lowest BCUT2D eigenvalue weighted by atomic mass is 10.2. The van der Waals surface area contributed by atoms with Crippen LogP contribution in [-0.4, -0.2) is 10.1 Å². The summed E-state index contributed by atoms with van der Waals surface area (Å²) in [6.45, 7) is 0. The van der Waals surface area contributed by atoms with Gasteiger partial charge in [-0.3, -0.25) is 0 Å². The molecule has 0 saturated carbocycles. The normalized spacial score (nSPS) is 10.4. The second kappa shape index (κ2) is 1.77. The largest absolute Gasteiger partial charge is 0.507 e. The summed E-state index contributed by atoms with van der Waals surface area (Å²) in [4.78, 5) is 2.88. The highest BCUT2D eigenvalue weighted by atomic mass is 16.3. The molecule has 0 aliphatic carbocycles. The lowest BCUT2D eigenvalue weighted by Gasteiger charge is -1.91. The van der Waals surface area contributed by atoms with E-state index in [2.05, 4.69) is 11.2 Å². The zero-order chi connectivity index (χ0) is 6.97. The number of rotatable bonds is 0. The van der Waals surface area contributed by atoms with Gasteiger partial charge in [-0.1, -0.05) is 6.07 Å². The molecule has 0 atom stereocenters. The molecule has 0 saturated heterocycles. The summed E-state index contributed by atoms with van der Waals surface area (Å²) in [5, 5.41) is 10.0. The Kier molecular flexibility index (Phi) is 0.947. The predicted molar refractivity (Wildman–Crippen MR) is 38.8 cm³/mol. The number of aromatic hydroxyl groups is 1. The van der Waals surface area contributed by atoms with Crippen LogP contribution in [0.3, 0.4) is 0 Å². The van der Waals surface area contributed by atoms with Crippen molar-refractivity contribution in [2.24, 2.45) is 0 Å². The minimum absolute atomic E-state index is 0.301. The van der Waals surface area contributed by atoms with Gasteiger partial charge in [0.15, 0.2) is 0 Å². The van der Waals surface area contributed by atoms with Crippen molar-refractivity contribution in [1.82, 2.24) is 4.98 Å². The molecular weight excluding hydrogens is 126 g/mol. The molecular formula is C8H6NO. The lowest BCUT2D eigenvalue weighted by molar-refractivity contribution is 0.482. The molecule has 1 heterocycles. The van der Waals surface area contributed by atoms with E-state index in [1.165, 1.54) is 0 Å². The summed E-state index contributed by atoms with van der Waals surface area (Å²) in [5.74, 6) is 0.301. The molecule has 2 rings (SSSR count). The monoisotopic (exact) mass is 132 g/mol. The molecule has 0 spiro atoms. The van der Waals surface area contributed by atoms with Crippen molar-refractivity contribution in [1.29, 1.82) is 0 Å². The number of phenolic OH excluding ortho intramolecular Hbond substituents is 1. The van der Waals surface area contributed by atoms with Crippen LogP contribution in [0.1, 0.15) is 0 Å². The molecule has 2 N–H and O–H groups in total. The molecule has 2 aromatic rings. The Morgan fingerprint density at radius 3 is 3.10 bits per heavy atom. The highest BCUT2D eigenvalue weighted by Gasteiger charge is 1.96. The second-order valence-corrected chi connectivity index (χ2v) is 2.15. The standard InChI is InChI=1S/C8H6NO/c10-8-3-1-2-7-6(8)4-5-9-7/h1-4,9-10H. The van der Waals surface area contributed by atoms with Crippen LogP contribution >= 0.6 is 0 Å². The topological polar surface area (TPSA) is 36.0 Å². The van der Waals surface area contributed by atoms with E-state index in [-0.39, 0.29) is 0 Å². The zero-order valence-corrected chi connectivity index (χ0v) is 5.26. The molecule has 0 bridgehead atoms. The number of fused-ring (bicyclic) bond motifs is 1. The average Bonchev–Trinajstić information content (AvgIpc) is 2.36. The highest BCUT2D eigenvalue weighted by Crippen LogP contribution is 2.21. The number of H-pyrrole nitrogens is 1. The van der Waals surface area contributed by atoms with Crippen LogP contribution < -0.4 is 0 Å². The molecule has 2 heteroatoms. The molecule has 1 aromatic heterocycles. The zero-order valence-electron chi connectivity index (χ0n) is 5.26. The van der Waals surface area contributed by atoms with Crippen molar-refractivity contribution in [3.63, 3.8) is 0 Å². The van der Waals surface area contributed by atoms with Gasteiger partial charge in [0.1, 0.15) is 5.75 Å². The molecule has 0 aliphatic heterocycles. The van der Waals surface area contributed by atoms with Gasteiger partial charge in [-0.25, -0.2) is 0 Å². The summed E-state index contributed by atoms with van der Waals surface area (Å²) >= 11 is 0. The summed E-state index contributed by atoms with van der Waals surface area (Å²) in [6, 6.07) is 7.07. The van der Waals surface area contributed by atoms with Crippen LogP contribution in [0.25, 0.3) is 10.9 Å². The third-order valence-corrected chi connectivity index (χ3v) is 1.51. The van der Waals surface area contributed by atoms with Crippen molar-refractivity contribution < 1.29 is 5.11 Å². The quantitative estimate of drug-likeness (QED) is 0.562. The van der Waals surface area contributed by atoms with Crippen LogP contribution in [0.4, 0.5) is 0 Å². The van der Waals surface area contributed by atoms with Crippen molar-refractivity contribution in [2.45, 2.75) is 0 Å². The van der Waals surface area contributed by atoms with Gasteiger partial charge < -0.3 is 10.1 Å². The summed E-state index contributed by atoms with van der Waals surface area (Å²) in [7, 11) is 0. The van der Waals surface area contributed by atoms with E-state index < -0.39 is 0 Å². The van der Waals surface area contributed by atoms with Crippen LogP contribution in [-0.2, 0) is 0 Å². The maximum Gasteiger partial charge on any atom is 0.124 e. The molecule has 1 aromatic carbocycles. The Balaban J connectivity index is 2.95. The molecule has 2 nitrogen and oxygen atoms in total. The second-order valence-electron chi connectivity index (χ2n) is 2.15. The van der Waals surface area contributed by atoms with Gasteiger partial charge in [0.05, 0.1) is 6.20 Å². The number of nitrogens with one attached hydrogen (secondary N) is 1. The fraction of sp³-hybridized carbons (Fsp3) is 0. The first-order valence-electron chi connectivity index (χ1n) is 3.04. The maximum atomic E-state index is 9.22. The minimum Gasteiger partial charge on any atom is -0.507 e. The van der Waals surface area contributed by atoms with E-state index in [1.54, 1.807) is 18.2 Å². The molecule has 0 fully saturated rings. The molecule has 0 amide bonds. The average molecular weight is 132 g/mol. The van der Waals surface area contributed by atoms with E-state index in [9.17, 15) is 5.11 Å². The van der Waals surface area contributed by atoms with E-state index >= 15 is 0 Å². The van der Waals surface area contributed by atoms with Crippen molar-refractivity contribution in [2.75, 3.05) is 0 Å². The molecule has 1 radical (unpaired) electrons. The van der Waals surface area contributed by atoms with Gasteiger partial charge in [-0.05, 0) is 18.2 Å². The number of benzene rings is 1. The third-order valence-electron chi connectivity index (χ3n) is 1.51. The van der Waals surface area contributed by atoms with Gasteiger partial charge >= 0.3 is 0 Å². The molecule has 0 unspecified atom stereocenters. The lowest BCUT2D eigenvalue weighted by Crippen LogP contribution is -1.66. The van der Waals surface area contributed by atoms with Crippen molar-refractivity contribution in [3.05, 3.63) is 30.5 Å².